The van der Waals surface area contributed by atoms with Crippen molar-refractivity contribution in [3.63, 3.8) is 0 Å². The normalized spacial score (nSPS) is 21.0. The lowest BCUT2D eigenvalue weighted by Gasteiger charge is -2.30. The molecule has 5 nitrogen and oxygen atoms in total. The lowest BCUT2D eigenvalue weighted by molar-refractivity contribution is -0.155. The van der Waals surface area contributed by atoms with Crippen molar-refractivity contribution in [2.45, 2.75) is 19.4 Å². The Morgan fingerprint density at radius 3 is 2.07 bits per heavy atom. The van der Waals surface area contributed by atoms with Crippen molar-refractivity contribution in [2.24, 2.45) is 11.8 Å². The molecule has 0 N–H and O–H groups in total. The minimum absolute atomic E-state index is 0.132. The molecule has 1 aliphatic carbocycles. The quantitative estimate of drug-likeness (QED) is 0.584. The zero-order valence-corrected chi connectivity index (χ0v) is 15.9. The standard InChI is InChI=1S/C22H19ClN2O3/c23-17-12-10-16(11-13-17)20(26)24(14-15-6-2-1-3-7-15)25-21(27)18-8-4-5-9-19(18)22(25)28/h1-7,10-13,18-19H,8-9,14H2/t18-,19+. The molecule has 142 valence electrons. The van der Waals surface area contributed by atoms with Gasteiger partial charge in [0.25, 0.3) is 17.7 Å². The lowest BCUT2D eigenvalue weighted by atomic mass is 9.85. The fourth-order valence-corrected chi connectivity index (χ4v) is 3.88. The van der Waals surface area contributed by atoms with E-state index in [1.54, 1.807) is 24.3 Å². The van der Waals surface area contributed by atoms with E-state index in [4.69, 9.17) is 11.6 Å². The molecule has 0 bridgehead atoms. The Labute approximate surface area is 168 Å². The second-order valence-electron chi connectivity index (χ2n) is 7.00. The molecule has 28 heavy (non-hydrogen) atoms. The van der Waals surface area contributed by atoms with Gasteiger partial charge in [0.1, 0.15) is 0 Å². The van der Waals surface area contributed by atoms with E-state index in [-0.39, 0.29) is 18.4 Å². The van der Waals surface area contributed by atoms with Crippen molar-refractivity contribution >= 4 is 29.3 Å². The Kier molecular flexibility index (Phi) is 5.01. The van der Waals surface area contributed by atoms with Gasteiger partial charge in [-0.1, -0.05) is 54.1 Å². The van der Waals surface area contributed by atoms with Crippen molar-refractivity contribution in [1.82, 2.24) is 10.0 Å². The zero-order chi connectivity index (χ0) is 19.7. The number of halogens is 1. The Morgan fingerprint density at radius 2 is 1.50 bits per heavy atom. The van der Waals surface area contributed by atoms with Crippen LogP contribution in [-0.2, 0) is 16.1 Å². The number of carbonyl (C=O) groups is 3. The molecule has 4 rings (SSSR count). The van der Waals surface area contributed by atoms with Gasteiger partial charge in [-0.15, -0.1) is 0 Å². The van der Waals surface area contributed by atoms with Crippen LogP contribution in [0.3, 0.4) is 0 Å². The van der Waals surface area contributed by atoms with Gasteiger partial charge in [0, 0.05) is 10.6 Å². The number of hydrazine groups is 1. The smallest absolute Gasteiger partial charge is 0.272 e. The van der Waals surface area contributed by atoms with Crippen LogP contribution in [0.2, 0.25) is 5.02 Å². The molecule has 2 atom stereocenters. The first kappa shape index (κ1) is 18.4. The number of nitrogens with zero attached hydrogens (tertiary/aromatic N) is 2. The van der Waals surface area contributed by atoms with Gasteiger partial charge in [0.15, 0.2) is 0 Å². The molecule has 1 aliphatic heterocycles. The van der Waals surface area contributed by atoms with Gasteiger partial charge in [-0.05, 0) is 42.7 Å². The third-order valence-corrected chi connectivity index (χ3v) is 5.48. The predicted octanol–water partition coefficient (Wildman–Crippen LogP) is 3.85. The van der Waals surface area contributed by atoms with Crippen molar-refractivity contribution in [2.75, 3.05) is 0 Å². The average Bonchev–Trinajstić information content (AvgIpc) is 2.98. The maximum Gasteiger partial charge on any atom is 0.273 e. The Bertz CT molecular complexity index is 914. The number of hydrogen-bond donors (Lipinski definition) is 0. The summed E-state index contributed by atoms with van der Waals surface area (Å²) in [6.07, 6.45) is 4.91. The van der Waals surface area contributed by atoms with Crippen LogP contribution >= 0.6 is 11.6 Å². The third kappa shape index (κ3) is 3.34. The highest BCUT2D eigenvalue weighted by atomic mass is 35.5. The molecule has 6 heteroatoms. The minimum Gasteiger partial charge on any atom is -0.272 e. The minimum atomic E-state index is -0.408. The van der Waals surface area contributed by atoms with Gasteiger partial charge >= 0.3 is 0 Å². The fourth-order valence-electron chi connectivity index (χ4n) is 3.75. The van der Waals surface area contributed by atoms with E-state index in [9.17, 15) is 14.4 Å². The van der Waals surface area contributed by atoms with Crippen molar-refractivity contribution in [3.05, 3.63) is 82.9 Å². The van der Waals surface area contributed by atoms with Crippen LogP contribution in [0.25, 0.3) is 0 Å². The molecule has 1 saturated heterocycles. The highest BCUT2D eigenvalue weighted by Gasteiger charge is 2.50. The van der Waals surface area contributed by atoms with Gasteiger partial charge < -0.3 is 0 Å². The lowest BCUT2D eigenvalue weighted by Crippen LogP contribution is -2.49. The van der Waals surface area contributed by atoms with Crippen LogP contribution in [0.4, 0.5) is 0 Å². The summed E-state index contributed by atoms with van der Waals surface area (Å²) in [6.45, 7) is 0.132. The molecule has 0 unspecified atom stereocenters. The highest BCUT2D eigenvalue weighted by molar-refractivity contribution is 6.30. The van der Waals surface area contributed by atoms with Crippen LogP contribution in [0.1, 0.15) is 28.8 Å². The van der Waals surface area contributed by atoms with E-state index in [0.29, 0.717) is 23.4 Å². The second-order valence-corrected chi connectivity index (χ2v) is 7.44. The molecule has 0 saturated carbocycles. The zero-order valence-electron chi connectivity index (χ0n) is 15.1. The maximum absolute atomic E-state index is 13.3. The van der Waals surface area contributed by atoms with Gasteiger partial charge in [-0.3, -0.25) is 14.4 Å². The fraction of sp³-hybridized carbons (Fsp3) is 0.227. The molecule has 0 spiro atoms. The number of fused-ring (bicyclic) bond motifs is 1. The molecule has 1 heterocycles. The summed E-state index contributed by atoms with van der Waals surface area (Å²) in [4.78, 5) is 39.3. The predicted molar refractivity (Wildman–Crippen MR) is 105 cm³/mol. The highest BCUT2D eigenvalue weighted by Crippen LogP contribution is 2.36. The summed E-state index contributed by atoms with van der Waals surface area (Å²) in [5.41, 5.74) is 1.20. The largest absolute Gasteiger partial charge is 0.273 e. The number of benzene rings is 2. The van der Waals surface area contributed by atoms with Crippen molar-refractivity contribution < 1.29 is 14.4 Å². The summed E-state index contributed by atoms with van der Waals surface area (Å²) in [6, 6.07) is 15.8. The second kappa shape index (κ2) is 7.60. The summed E-state index contributed by atoms with van der Waals surface area (Å²) in [7, 11) is 0. The third-order valence-electron chi connectivity index (χ3n) is 5.23. The van der Waals surface area contributed by atoms with Gasteiger partial charge in [0.05, 0.1) is 18.4 Å². The number of imide groups is 1. The Balaban J connectivity index is 1.70. The number of hydrogen-bond acceptors (Lipinski definition) is 3. The van der Waals surface area contributed by atoms with Crippen molar-refractivity contribution in [3.8, 4) is 0 Å². The number of amides is 3. The average molecular weight is 395 g/mol. The van der Waals surface area contributed by atoms with E-state index < -0.39 is 17.7 Å². The summed E-state index contributed by atoms with van der Waals surface area (Å²) in [5.74, 6) is -1.81. The molecule has 2 aromatic rings. The molecule has 2 aromatic carbocycles. The molecular formula is C22H19ClN2O3. The summed E-state index contributed by atoms with van der Waals surface area (Å²) >= 11 is 5.93. The van der Waals surface area contributed by atoms with Crippen molar-refractivity contribution in [1.29, 1.82) is 0 Å². The van der Waals surface area contributed by atoms with Crippen LogP contribution in [0.15, 0.2) is 66.7 Å². The van der Waals surface area contributed by atoms with Gasteiger partial charge in [-0.25, -0.2) is 5.01 Å². The van der Waals surface area contributed by atoms with E-state index in [2.05, 4.69) is 0 Å². The molecule has 2 aliphatic rings. The molecular weight excluding hydrogens is 376 g/mol. The van der Waals surface area contributed by atoms with Gasteiger partial charge in [-0.2, -0.15) is 5.01 Å². The monoisotopic (exact) mass is 394 g/mol. The molecule has 0 aromatic heterocycles. The van der Waals surface area contributed by atoms with E-state index in [1.165, 1.54) is 5.01 Å². The van der Waals surface area contributed by atoms with E-state index >= 15 is 0 Å². The maximum atomic E-state index is 13.3. The number of allylic oxidation sites excluding steroid dienone is 2. The molecule has 0 radical (unpaired) electrons. The Hall–Kier alpha value is -2.92. The topological polar surface area (TPSA) is 57.7 Å². The summed E-state index contributed by atoms with van der Waals surface area (Å²) in [5, 5.41) is 2.84. The van der Waals surface area contributed by atoms with Gasteiger partial charge in [0.2, 0.25) is 0 Å². The van der Waals surface area contributed by atoms with Crippen LogP contribution in [0.5, 0.6) is 0 Å². The van der Waals surface area contributed by atoms with Crippen LogP contribution in [-0.4, -0.2) is 27.7 Å². The molecule has 1 fully saturated rings. The molecule has 3 amide bonds. The SMILES string of the molecule is O=C(c1ccc(Cl)cc1)N(Cc1ccccc1)N1C(=O)[C@H]2CC=CC[C@H]2C1=O. The first-order chi connectivity index (χ1) is 13.6. The first-order valence-corrected chi connectivity index (χ1v) is 9.58. The summed E-state index contributed by atoms with van der Waals surface area (Å²) < 4.78 is 0. The van der Waals surface area contributed by atoms with Crippen LogP contribution < -0.4 is 0 Å². The first-order valence-electron chi connectivity index (χ1n) is 9.20. The van der Waals surface area contributed by atoms with E-state index in [0.717, 1.165) is 10.6 Å². The number of carbonyl (C=O) groups excluding carboxylic acids is 3. The van der Waals surface area contributed by atoms with E-state index in [1.807, 2.05) is 42.5 Å². The van der Waals surface area contributed by atoms with Crippen LogP contribution in [0, 0.1) is 11.8 Å². The number of rotatable bonds is 4. The Morgan fingerprint density at radius 1 is 0.929 bits per heavy atom.